The van der Waals surface area contributed by atoms with Crippen LogP contribution in [0.3, 0.4) is 0 Å². The predicted octanol–water partition coefficient (Wildman–Crippen LogP) is 3.25. The van der Waals surface area contributed by atoms with Crippen LogP contribution in [0.5, 0.6) is 0 Å². The van der Waals surface area contributed by atoms with Crippen molar-refractivity contribution in [3.05, 3.63) is 45.9 Å². The molecule has 1 fully saturated rings. The van der Waals surface area contributed by atoms with Crippen molar-refractivity contribution < 1.29 is 8.78 Å². The monoisotopic (exact) mass is 493 g/mol. The molecule has 1 aliphatic heterocycles. The van der Waals surface area contributed by atoms with Gasteiger partial charge in [-0.1, -0.05) is 0 Å². The molecular weight excluding hydrogens is 471 g/mol. The lowest BCUT2D eigenvalue weighted by atomic mass is 10.2. The number of aromatic nitrogens is 1. The maximum atomic E-state index is 13.9. The summed E-state index contributed by atoms with van der Waals surface area (Å²) in [4.78, 5) is 13.7. The molecule has 0 atom stereocenters. The lowest BCUT2D eigenvalue weighted by molar-refractivity contribution is 0.370. The average Bonchev–Trinajstić information content (AvgIpc) is 3.03. The maximum Gasteiger partial charge on any atom is 0.194 e. The number of aryl methyl sites for hydroxylation is 1. The number of thiazole rings is 1. The van der Waals surface area contributed by atoms with Gasteiger partial charge in [0.15, 0.2) is 5.96 Å². The molecule has 1 aromatic carbocycles. The van der Waals surface area contributed by atoms with E-state index in [-0.39, 0.29) is 24.0 Å². The maximum absolute atomic E-state index is 13.9. The molecule has 0 spiro atoms. The second kappa shape index (κ2) is 9.45. The van der Waals surface area contributed by atoms with Gasteiger partial charge < -0.3 is 15.1 Å². The van der Waals surface area contributed by atoms with E-state index in [9.17, 15) is 8.78 Å². The van der Waals surface area contributed by atoms with Crippen LogP contribution in [-0.2, 0) is 6.54 Å². The van der Waals surface area contributed by atoms with Crippen molar-refractivity contribution in [2.75, 3.05) is 38.1 Å². The number of nitrogens with zero attached hydrogens (tertiary/aromatic N) is 4. The Hall–Kier alpha value is -1.49. The number of piperazine rings is 1. The first kappa shape index (κ1) is 20.8. The summed E-state index contributed by atoms with van der Waals surface area (Å²) in [5.41, 5.74) is 0.322. The van der Waals surface area contributed by atoms with E-state index in [1.165, 1.54) is 12.1 Å². The molecule has 5 nitrogen and oxygen atoms in total. The zero-order valence-electron chi connectivity index (χ0n) is 14.7. The fourth-order valence-electron chi connectivity index (χ4n) is 2.87. The third kappa shape index (κ3) is 5.03. The number of hydrogen-bond acceptors (Lipinski definition) is 4. The second-order valence-electron chi connectivity index (χ2n) is 5.82. The average molecular weight is 493 g/mol. The van der Waals surface area contributed by atoms with E-state index < -0.39 is 11.6 Å². The Bertz CT molecular complexity index is 759. The summed E-state index contributed by atoms with van der Waals surface area (Å²) in [5, 5.41) is 4.38. The molecule has 142 valence electrons. The van der Waals surface area contributed by atoms with Gasteiger partial charge in [-0.15, -0.1) is 35.3 Å². The number of nitrogens with one attached hydrogen (secondary N) is 1. The van der Waals surface area contributed by atoms with Crippen LogP contribution in [0.25, 0.3) is 0 Å². The van der Waals surface area contributed by atoms with Crippen LogP contribution in [0.2, 0.25) is 0 Å². The van der Waals surface area contributed by atoms with Gasteiger partial charge in [0.05, 0.1) is 17.2 Å². The minimum atomic E-state index is -0.420. The number of hydrogen-bond donors (Lipinski definition) is 1. The van der Waals surface area contributed by atoms with Crippen LogP contribution >= 0.6 is 35.3 Å². The summed E-state index contributed by atoms with van der Waals surface area (Å²) in [6.45, 7) is 5.26. The smallest absolute Gasteiger partial charge is 0.194 e. The minimum Gasteiger partial charge on any atom is -0.366 e. The Labute approximate surface area is 173 Å². The van der Waals surface area contributed by atoms with Gasteiger partial charge >= 0.3 is 0 Å². The molecule has 0 bridgehead atoms. The highest BCUT2D eigenvalue weighted by Gasteiger charge is 2.22. The van der Waals surface area contributed by atoms with E-state index in [2.05, 4.69) is 20.2 Å². The molecule has 0 unspecified atom stereocenters. The lowest BCUT2D eigenvalue weighted by Gasteiger charge is -2.37. The van der Waals surface area contributed by atoms with Crippen molar-refractivity contribution in [2.45, 2.75) is 13.5 Å². The molecule has 1 aliphatic rings. The van der Waals surface area contributed by atoms with Gasteiger partial charge in [0, 0.05) is 50.4 Å². The van der Waals surface area contributed by atoms with Crippen LogP contribution in [0.15, 0.2) is 29.4 Å². The summed E-state index contributed by atoms with van der Waals surface area (Å²) in [6, 6.07) is 3.57. The highest BCUT2D eigenvalue weighted by atomic mass is 127. The van der Waals surface area contributed by atoms with Crippen LogP contribution in [-0.4, -0.2) is 49.1 Å². The quantitative estimate of drug-likeness (QED) is 0.405. The molecule has 0 saturated carbocycles. The molecule has 26 heavy (non-hydrogen) atoms. The first-order chi connectivity index (χ1) is 12.1. The topological polar surface area (TPSA) is 43.8 Å². The SMILES string of the molecule is CN=C(NCc1cnc(C)s1)N1CCN(c2cc(F)ccc2F)CC1.I. The molecule has 0 amide bonds. The van der Waals surface area contributed by atoms with Gasteiger partial charge in [-0.25, -0.2) is 13.8 Å². The van der Waals surface area contributed by atoms with Crippen LogP contribution in [0, 0.1) is 18.6 Å². The zero-order chi connectivity index (χ0) is 17.8. The largest absolute Gasteiger partial charge is 0.366 e. The molecule has 2 heterocycles. The summed E-state index contributed by atoms with van der Waals surface area (Å²) in [6.07, 6.45) is 1.87. The summed E-state index contributed by atoms with van der Waals surface area (Å²) >= 11 is 1.65. The Morgan fingerprint density at radius 2 is 2.00 bits per heavy atom. The van der Waals surface area contributed by atoms with Crippen molar-refractivity contribution in [2.24, 2.45) is 4.99 Å². The van der Waals surface area contributed by atoms with E-state index in [0.29, 0.717) is 38.4 Å². The van der Waals surface area contributed by atoms with Gasteiger partial charge in [-0.3, -0.25) is 4.99 Å². The fourth-order valence-corrected chi connectivity index (χ4v) is 3.61. The number of anilines is 1. The van der Waals surface area contributed by atoms with E-state index in [1.807, 2.05) is 18.0 Å². The first-order valence-corrected chi connectivity index (χ1v) is 8.95. The van der Waals surface area contributed by atoms with Crippen LogP contribution < -0.4 is 10.2 Å². The van der Waals surface area contributed by atoms with E-state index >= 15 is 0 Å². The summed E-state index contributed by atoms with van der Waals surface area (Å²) in [5.74, 6) is -0.000466. The van der Waals surface area contributed by atoms with Crippen LogP contribution in [0.1, 0.15) is 9.88 Å². The number of guanidine groups is 1. The zero-order valence-corrected chi connectivity index (χ0v) is 17.9. The Morgan fingerprint density at radius 1 is 1.27 bits per heavy atom. The highest BCUT2D eigenvalue weighted by Crippen LogP contribution is 2.22. The summed E-state index contributed by atoms with van der Waals surface area (Å²) in [7, 11) is 1.75. The molecule has 2 aromatic rings. The van der Waals surface area contributed by atoms with E-state index in [1.54, 1.807) is 18.4 Å². The van der Waals surface area contributed by atoms with Gasteiger partial charge in [0.25, 0.3) is 0 Å². The molecule has 1 saturated heterocycles. The van der Waals surface area contributed by atoms with Crippen molar-refractivity contribution >= 4 is 47.0 Å². The van der Waals surface area contributed by atoms with Crippen molar-refractivity contribution in [3.8, 4) is 0 Å². The molecule has 9 heteroatoms. The number of benzene rings is 1. The molecule has 0 aliphatic carbocycles. The Morgan fingerprint density at radius 3 is 2.62 bits per heavy atom. The van der Waals surface area contributed by atoms with Crippen molar-refractivity contribution in [1.29, 1.82) is 0 Å². The van der Waals surface area contributed by atoms with Gasteiger partial charge in [-0.2, -0.15) is 0 Å². The first-order valence-electron chi connectivity index (χ1n) is 8.13. The Balaban J connectivity index is 0.00000243. The number of halogens is 3. The van der Waals surface area contributed by atoms with Gasteiger partial charge in [0.2, 0.25) is 0 Å². The minimum absolute atomic E-state index is 0. The van der Waals surface area contributed by atoms with E-state index in [0.717, 1.165) is 21.9 Å². The molecule has 1 aromatic heterocycles. The molecular formula is C17H22F2IN5S. The van der Waals surface area contributed by atoms with Crippen molar-refractivity contribution in [1.82, 2.24) is 15.2 Å². The molecule has 0 radical (unpaired) electrons. The molecule has 1 N–H and O–H groups in total. The molecule has 3 rings (SSSR count). The lowest BCUT2D eigenvalue weighted by Crippen LogP contribution is -2.52. The number of aliphatic imine (C=N–C) groups is 1. The standard InChI is InChI=1S/C17H21F2N5S.HI/c1-12-21-10-14(25-12)11-22-17(20-2)24-7-5-23(6-8-24)16-9-13(18)3-4-15(16)19;/h3-4,9-10H,5-8,11H2,1-2H3,(H,20,22);1H. The number of rotatable bonds is 3. The predicted molar refractivity (Wildman–Crippen MR) is 113 cm³/mol. The second-order valence-corrected chi connectivity index (χ2v) is 7.14. The Kier molecular flexibility index (Phi) is 7.56. The third-order valence-electron chi connectivity index (χ3n) is 4.13. The third-order valence-corrected chi connectivity index (χ3v) is 5.04. The fraction of sp³-hybridized carbons (Fsp3) is 0.412. The highest BCUT2D eigenvalue weighted by molar-refractivity contribution is 14.0. The normalized spacial score (nSPS) is 15.0. The van der Waals surface area contributed by atoms with Crippen molar-refractivity contribution in [3.63, 3.8) is 0 Å². The van der Waals surface area contributed by atoms with Gasteiger partial charge in [0.1, 0.15) is 11.6 Å². The van der Waals surface area contributed by atoms with E-state index in [4.69, 9.17) is 0 Å². The summed E-state index contributed by atoms with van der Waals surface area (Å²) < 4.78 is 27.3. The van der Waals surface area contributed by atoms with Gasteiger partial charge in [-0.05, 0) is 19.1 Å². The van der Waals surface area contributed by atoms with Crippen LogP contribution in [0.4, 0.5) is 14.5 Å².